The first kappa shape index (κ1) is 11.7. The van der Waals surface area contributed by atoms with Crippen LogP contribution in [0.5, 0.6) is 5.75 Å². The molecule has 0 aliphatic carbocycles. The second kappa shape index (κ2) is 5.51. The minimum atomic E-state index is -0.287. The third-order valence-electron chi connectivity index (χ3n) is 2.25. The summed E-state index contributed by atoms with van der Waals surface area (Å²) in [5, 5.41) is 0. The summed E-state index contributed by atoms with van der Waals surface area (Å²) in [7, 11) is 1.61. The second-order valence-electron chi connectivity index (χ2n) is 3.38. The highest BCUT2D eigenvalue weighted by Crippen LogP contribution is 2.22. The minimum absolute atomic E-state index is 0.00338. The highest BCUT2D eigenvalue weighted by Gasteiger charge is 2.04. The quantitative estimate of drug-likeness (QED) is 0.827. The first-order chi connectivity index (χ1) is 7.17. The van der Waals surface area contributed by atoms with Gasteiger partial charge in [-0.1, -0.05) is 19.1 Å². The zero-order valence-corrected chi connectivity index (χ0v) is 9.03. The zero-order chi connectivity index (χ0) is 11.3. The lowest BCUT2D eigenvalue weighted by molar-refractivity contribution is 0.414. The fraction of sp³-hybridized carbons (Fsp3) is 0.333. The van der Waals surface area contributed by atoms with E-state index < -0.39 is 0 Å². The van der Waals surface area contributed by atoms with E-state index in [1.807, 2.05) is 31.2 Å². The smallest absolute Gasteiger partial charge is 0.119 e. The van der Waals surface area contributed by atoms with Crippen LogP contribution in [0.3, 0.4) is 0 Å². The number of hydrogen-bond acceptors (Lipinski definition) is 2. The molecule has 3 heteroatoms. The molecule has 0 saturated heterocycles. The Morgan fingerprint density at radius 1 is 1.60 bits per heavy atom. The standard InChI is InChI=1S/C12H16FNO/c1-9(6-11(13)8-14)10-4-3-5-12(7-10)15-2/h3-7,9H,8,14H2,1-2H3/b11-6-. The number of benzene rings is 1. The van der Waals surface area contributed by atoms with E-state index in [0.29, 0.717) is 0 Å². The molecule has 0 aliphatic heterocycles. The van der Waals surface area contributed by atoms with Gasteiger partial charge in [-0.2, -0.15) is 0 Å². The van der Waals surface area contributed by atoms with Gasteiger partial charge in [-0.25, -0.2) is 4.39 Å². The van der Waals surface area contributed by atoms with Gasteiger partial charge in [0.25, 0.3) is 0 Å². The Morgan fingerprint density at radius 2 is 2.33 bits per heavy atom. The number of hydrogen-bond donors (Lipinski definition) is 1. The fourth-order valence-electron chi connectivity index (χ4n) is 1.36. The molecule has 0 bridgehead atoms. The highest BCUT2D eigenvalue weighted by molar-refractivity contribution is 5.32. The third kappa shape index (κ3) is 3.36. The molecule has 0 saturated carbocycles. The van der Waals surface area contributed by atoms with Gasteiger partial charge in [0.2, 0.25) is 0 Å². The van der Waals surface area contributed by atoms with Crippen LogP contribution in [0.15, 0.2) is 36.2 Å². The maximum atomic E-state index is 13.0. The second-order valence-corrected chi connectivity index (χ2v) is 3.38. The van der Waals surface area contributed by atoms with Gasteiger partial charge in [-0.05, 0) is 23.8 Å². The van der Waals surface area contributed by atoms with E-state index in [1.165, 1.54) is 6.08 Å². The molecule has 0 fully saturated rings. The van der Waals surface area contributed by atoms with Crippen LogP contribution < -0.4 is 10.5 Å². The van der Waals surface area contributed by atoms with E-state index in [4.69, 9.17) is 10.5 Å². The summed E-state index contributed by atoms with van der Waals surface area (Å²) < 4.78 is 18.1. The van der Waals surface area contributed by atoms with Crippen LogP contribution in [0, 0.1) is 0 Å². The summed E-state index contributed by atoms with van der Waals surface area (Å²) in [5.74, 6) is 0.495. The number of halogens is 1. The molecular formula is C12H16FNO. The predicted octanol–water partition coefficient (Wildman–Crippen LogP) is 2.61. The van der Waals surface area contributed by atoms with Crippen LogP contribution in [-0.2, 0) is 0 Å². The van der Waals surface area contributed by atoms with Crippen molar-refractivity contribution in [1.29, 1.82) is 0 Å². The minimum Gasteiger partial charge on any atom is -0.497 e. The van der Waals surface area contributed by atoms with Crippen molar-refractivity contribution in [3.05, 3.63) is 41.7 Å². The van der Waals surface area contributed by atoms with Crippen LogP contribution in [0.2, 0.25) is 0 Å². The largest absolute Gasteiger partial charge is 0.497 e. The molecular weight excluding hydrogens is 193 g/mol. The van der Waals surface area contributed by atoms with Crippen molar-refractivity contribution >= 4 is 0 Å². The van der Waals surface area contributed by atoms with Crippen molar-refractivity contribution in [1.82, 2.24) is 0 Å². The molecule has 1 aromatic carbocycles. The Hall–Kier alpha value is -1.35. The van der Waals surface area contributed by atoms with E-state index in [-0.39, 0.29) is 18.3 Å². The average Bonchev–Trinajstić information content (AvgIpc) is 2.28. The molecule has 0 aromatic heterocycles. The topological polar surface area (TPSA) is 35.2 Å². The predicted molar refractivity (Wildman–Crippen MR) is 59.7 cm³/mol. The van der Waals surface area contributed by atoms with Gasteiger partial charge in [0, 0.05) is 12.5 Å². The molecule has 82 valence electrons. The molecule has 0 amide bonds. The van der Waals surface area contributed by atoms with Crippen molar-refractivity contribution in [2.24, 2.45) is 5.73 Å². The summed E-state index contributed by atoms with van der Waals surface area (Å²) in [6.07, 6.45) is 1.52. The fourth-order valence-corrected chi connectivity index (χ4v) is 1.36. The zero-order valence-electron chi connectivity index (χ0n) is 9.03. The molecule has 15 heavy (non-hydrogen) atoms. The summed E-state index contributed by atoms with van der Waals surface area (Å²) in [6.45, 7) is 1.87. The molecule has 0 spiro atoms. The monoisotopic (exact) mass is 209 g/mol. The molecule has 1 atom stereocenters. The molecule has 1 unspecified atom stereocenters. The van der Waals surface area contributed by atoms with Crippen LogP contribution in [0.25, 0.3) is 0 Å². The van der Waals surface area contributed by atoms with E-state index >= 15 is 0 Å². The van der Waals surface area contributed by atoms with Gasteiger partial charge in [0.1, 0.15) is 11.6 Å². The SMILES string of the molecule is COc1cccc(C(C)/C=C(\F)CN)c1. The van der Waals surface area contributed by atoms with Crippen LogP contribution in [-0.4, -0.2) is 13.7 Å². The van der Waals surface area contributed by atoms with E-state index in [1.54, 1.807) is 7.11 Å². The van der Waals surface area contributed by atoms with Gasteiger partial charge >= 0.3 is 0 Å². The molecule has 2 nitrogen and oxygen atoms in total. The Bertz CT molecular complexity index is 349. The molecule has 0 heterocycles. The molecule has 2 N–H and O–H groups in total. The van der Waals surface area contributed by atoms with Crippen molar-refractivity contribution < 1.29 is 9.13 Å². The Labute approximate surface area is 89.6 Å². The lowest BCUT2D eigenvalue weighted by Gasteiger charge is -2.08. The third-order valence-corrected chi connectivity index (χ3v) is 2.25. The molecule has 0 aliphatic rings. The van der Waals surface area contributed by atoms with Crippen molar-refractivity contribution in [3.8, 4) is 5.75 Å². The van der Waals surface area contributed by atoms with Gasteiger partial charge < -0.3 is 10.5 Å². The van der Waals surface area contributed by atoms with E-state index in [9.17, 15) is 4.39 Å². The Balaban J connectivity index is 2.86. The van der Waals surface area contributed by atoms with Gasteiger partial charge in [0.05, 0.1) is 7.11 Å². The van der Waals surface area contributed by atoms with E-state index in [0.717, 1.165) is 11.3 Å². The van der Waals surface area contributed by atoms with Gasteiger partial charge in [-0.15, -0.1) is 0 Å². The normalized spacial score (nSPS) is 13.7. The number of nitrogens with two attached hydrogens (primary N) is 1. The van der Waals surface area contributed by atoms with Crippen LogP contribution in [0.1, 0.15) is 18.4 Å². The summed E-state index contributed by atoms with van der Waals surface area (Å²) in [6, 6.07) is 7.58. The van der Waals surface area contributed by atoms with Gasteiger partial charge in [-0.3, -0.25) is 0 Å². The summed E-state index contributed by atoms with van der Waals surface area (Å²) in [5.41, 5.74) is 6.20. The van der Waals surface area contributed by atoms with Crippen molar-refractivity contribution in [2.45, 2.75) is 12.8 Å². The Kier molecular flexibility index (Phi) is 4.31. The Morgan fingerprint density at radius 3 is 2.93 bits per heavy atom. The maximum absolute atomic E-state index is 13.0. The lowest BCUT2D eigenvalue weighted by atomic mass is 10.0. The van der Waals surface area contributed by atoms with E-state index in [2.05, 4.69) is 0 Å². The molecule has 0 radical (unpaired) electrons. The maximum Gasteiger partial charge on any atom is 0.119 e. The average molecular weight is 209 g/mol. The number of allylic oxidation sites excluding steroid dienone is 1. The van der Waals surface area contributed by atoms with Gasteiger partial charge in [0.15, 0.2) is 0 Å². The first-order valence-corrected chi connectivity index (χ1v) is 4.87. The highest BCUT2D eigenvalue weighted by atomic mass is 19.1. The lowest BCUT2D eigenvalue weighted by Crippen LogP contribution is -2.00. The van der Waals surface area contributed by atoms with Crippen molar-refractivity contribution in [2.75, 3.05) is 13.7 Å². The number of rotatable bonds is 4. The molecule has 1 rings (SSSR count). The number of methoxy groups -OCH3 is 1. The first-order valence-electron chi connectivity index (χ1n) is 4.87. The molecule has 1 aromatic rings. The van der Waals surface area contributed by atoms with Crippen molar-refractivity contribution in [3.63, 3.8) is 0 Å². The summed E-state index contributed by atoms with van der Waals surface area (Å²) in [4.78, 5) is 0. The van der Waals surface area contributed by atoms with Crippen LogP contribution in [0.4, 0.5) is 4.39 Å². The van der Waals surface area contributed by atoms with Crippen LogP contribution >= 0.6 is 0 Å². The number of ether oxygens (including phenoxy) is 1. The summed E-state index contributed by atoms with van der Waals surface area (Å²) >= 11 is 0.